The maximum atomic E-state index is 6.01. The topological polar surface area (TPSA) is 82.8 Å². The highest BCUT2D eigenvalue weighted by molar-refractivity contribution is 7.99. The van der Waals surface area contributed by atoms with Crippen molar-refractivity contribution in [1.29, 1.82) is 0 Å². The third kappa shape index (κ3) is 3.27. The Labute approximate surface area is 117 Å². The van der Waals surface area contributed by atoms with Crippen molar-refractivity contribution in [2.75, 3.05) is 18.1 Å². The average Bonchev–Trinajstić information content (AvgIpc) is 2.73. The highest BCUT2D eigenvalue weighted by Gasteiger charge is 2.11. The van der Waals surface area contributed by atoms with Crippen LogP contribution in [-0.4, -0.2) is 27.2 Å². The second-order valence-corrected chi connectivity index (χ2v) is 5.57. The number of nitrogens with two attached hydrogens (primary N) is 2. The van der Waals surface area contributed by atoms with E-state index in [0.717, 1.165) is 11.6 Å². The Morgan fingerprint density at radius 3 is 2.79 bits per heavy atom. The molecule has 0 aliphatic rings. The smallest absolute Gasteiger partial charge is 0.209 e. The summed E-state index contributed by atoms with van der Waals surface area (Å²) in [5.41, 5.74) is 9.18. The van der Waals surface area contributed by atoms with E-state index in [4.69, 9.17) is 11.6 Å². The first-order valence-electron chi connectivity index (χ1n) is 6.20. The van der Waals surface area contributed by atoms with Gasteiger partial charge in [0.15, 0.2) is 5.82 Å². The Hall–Kier alpha value is -1.53. The van der Waals surface area contributed by atoms with E-state index in [9.17, 15) is 0 Å². The summed E-state index contributed by atoms with van der Waals surface area (Å²) in [7, 11) is 0. The monoisotopic (exact) mass is 277 g/mol. The lowest BCUT2D eigenvalue weighted by Gasteiger charge is -2.07. The molecule has 2 rings (SSSR count). The van der Waals surface area contributed by atoms with Crippen LogP contribution in [0.4, 0.5) is 0 Å². The van der Waals surface area contributed by atoms with Crippen LogP contribution in [0.3, 0.4) is 0 Å². The van der Waals surface area contributed by atoms with Crippen LogP contribution in [0.1, 0.15) is 22.5 Å². The van der Waals surface area contributed by atoms with E-state index in [-0.39, 0.29) is 0 Å². The fraction of sp³-hybridized carbons (Fsp3) is 0.385. The first kappa shape index (κ1) is 13.9. The van der Waals surface area contributed by atoms with Crippen molar-refractivity contribution < 1.29 is 0 Å². The van der Waals surface area contributed by atoms with Crippen LogP contribution < -0.4 is 11.6 Å². The number of aromatic nitrogens is 3. The molecule has 1 aromatic carbocycles. The number of aryl methyl sites for hydroxylation is 2. The molecule has 5 nitrogen and oxygen atoms in total. The number of hydrogen-bond donors (Lipinski definition) is 2. The molecule has 0 saturated heterocycles. The zero-order chi connectivity index (χ0) is 13.8. The van der Waals surface area contributed by atoms with Crippen molar-refractivity contribution in [1.82, 2.24) is 14.9 Å². The van der Waals surface area contributed by atoms with E-state index >= 15 is 0 Å². The average molecular weight is 277 g/mol. The Morgan fingerprint density at radius 1 is 1.26 bits per heavy atom. The molecular formula is C13H19N5S. The standard InChI is InChI=1S/C13H19N5S/c1-9-3-4-10(2)11(7-9)8-12-16-17-13(18(12)15)19-6-5-14/h3-4,7H,5-6,8,14-15H2,1-2H3. The Balaban J connectivity index is 2.19. The molecule has 1 aromatic heterocycles. The lowest BCUT2D eigenvalue weighted by Crippen LogP contribution is -2.15. The maximum Gasteiger partial charge on any atom is 0.209 e. The first-order valence-corrected chi connectivity index (χ1v) is 7.18. The van der Waals surface area contributed by atoms with Crippen molar-refractivity contribution in [2.24, 2.45) is 5.73 Å². The molecule has 1 heterocycles. The SMILES string of the molecule is Cc1ccc(C)c(Cc2nnc(SCCN)n2N)c1. The van der Waals surface area contributed by atoms with Crippen LogP contribution in [-0.2, 0) is 6.42 Å². The van der Waals surface area contributed by atoms with Gasteiger partial charge in [-0.3, -0.25) is 0 Å². The quantitative estimate of drug-likeness (QED) is 0.635. The fourth-order valence-electron chi connectivity index (χ4n) is 1.84. The molecule has 19 heavy (non-hydrogen) atoms. The number of thioether (sulfide) groups is 1. The molecule has 0 spiro atoms. The highest BCUT2D eigenvalue weighted by atomic mass is 32.2. The second-order valence-electron chi connectivity index (χ2n) is 4.51. The van der Waals surface area contributed by atoms with Crippen molar-refractivity contribution in [3.8, 4) is 0 Å². The van der Waals surface area contributed by atoms with Gasteiger partial charge >= 0.3 is 0 Å². The fourth-order valence-corrected chi connectivity index (χ4v) is 2.48. The summed E-state index contributed by atoms with van der Waals surface area (Å²) < 4.78 is 1.56. The number of hydrogen-bond acceptors (Lipinski definition) is 5. The summed E-state index contributed by atoms with van der Waals surface area (Å²) in [5.74, 6) is 7.57. The predicted octanol–water partition coefficient (Wildman–Crippen LogP) is 1.25. The molecule has 0 bridgehead atoms. The van der Waals surface area contributed by atoms with Crippen molar-refractivity contribution in [2.45, 2.75) is 25.4 Å². The van der Waals surface area contributed by atoms with Crippen LogP contribution in [0.15, 0.2) is 23.4 Å². The molecule has 4 N–H and O–H groups in total. The molecule has 0 aliphatic heterocycles. The van der Waals surface area contributed by atoms with Crippen molar-refractivity contribution in [3.05, 3.63) is 40.7 Å². The summed E-state index contributed by atoms with van der Waals surface area (Å²) in [6.07, 6.45) is 0.695. The van der Waals surface area contributed by atoms with Crippen LogP contribution >= 0.6 is 11.8 Å². The molecule has 0 radical (unpaired) electrons. The molecule has 0 amide bonds. The first-order chi connectivity index (χ1) is 9.11. The van der Waals surface area contributed by atoms with Gasteiger partial charge in [0.25, 0.3) is 0 Å². The van der Waals surface area contributed by atoms with E-state index in [2.05, 4.69) is 42.2 Å². The molecule has 0 atom stereocenters. The molecule has 0 unspecified atom stereocenters. The number of benzene rings is 1. The summed E-state index contributed by atoms with van der Waals surface area (Å²) in [4.78, 5) is 0. The molecule has 0 saturated carbocycles. The van der Waals surface area contributed by atoms with Gasteiger partial charge in [-0.05, 0) is 25.0 Å². The minimum Gasteiger partial charge on any atom is -0.336 e. The van der Waals surface area contributed by atoms with Crippen LogP contribution in [0, 0.1) is 13.8 Å². The van der Waals surface area contributed by atoms with E-state index in [1.54, 1.807) is 4.68 Å². The predicted molar refractivity (Wildman–Crippen MR) is 78.7 cm³/mol. The van der Waals surface area contributed by atoms with Crippen molar-refractivity contribution >= 4 is 11.8 Å². The van der Waals surface area contributed by atoms with Gasteiger partial charge in [0.05, 0.1) is 0 Å². The van der Waals surface area contributed by atoms with Gasteiger partial charge in [0.2, 0.25) is 5.16 Å². The molecular weight excluding hydrogens is 258 g/mol. The van der Waals surface area contributed by atoms with Gasteiger partial charge < -0.3 is 11.6 Å². The van der Waals surface area contributed by atoms with E-state index < -0.39 is 0 Å². The highest BCUT2D eigenvalue weighted by Crippen LogP contribution is 2.18. The molecule has 0 aliphatic carbocycles. The lowest BCUT2D eigenvalue weighted by atomic mass is 10.0. The van der Waals surface area contributed by atoms with E-state index in [0.29, 0.717) is 18.1 Å². The largest absolute Gasteiger partial charge is 0.336 e. The molecule has 102 valence electrons. The second kappa shape index (κ2) is 6.08. The van der Waals surface area contributed by atoms with E-state index in [1.807, 2.05) is 0 Å². The van der Waals surface area contributed by atoms with Crippen molar-refractivity contribution in [3.63, 3.8) is 0 Å². The normalized spacial score (nSPS) is 10.9. The summed E-state index contributed by atoms with van der Waals surface area (Å²) in [6.45, 7) is 4.78. The lowest BCUT2D eigenvalue weighted by molar-refractivity contribution is 0.804. The van der Waals surface area contributed by atoms with Gasteiger partial charge in [-0.15, -0.1) is 10.2 Å². The van der Waals surface area contributed by atoms with Gasteiger partial charge in [0, 0.05) is 18.7 Å². The number of rotatable bonds is 5. The summed E-state index contributed by atoms with van der Waals surface area (Å²) >= 11 is 1.53. The molecule has 6 heteroatoms. The van der Waals surface area contributed by atoms with Gasteiger partial charge in [-0.1, -0.05) is 35.5 Å². The molecule has 0 fully saturated rings. The van der Waals surface area contributed by atoms with Gasteiger partial charge in [-0.2, -0.15) is 0 Å². The number of nitrogen functional groups attached to an aromatic ring is 1. The van der Waals surface area contributed by atoms with Crippen LogP contribution in [0.2, 0.25) is 0 Å². The van der Waals surface area contributed by atoms with E-state index in [1.165, 1.54) is 28.5 Å². The molecule has 2 aromatic rings. The maximum absolute atomic E-state index is 6.01. The summed E-state index contributed by atoms with van der Waals surface area (Å²) in [5, 5.41) is 8.97. The summed E-state index contributed by atoms with van der Waals surface area (Å²) in [6, 6.07) is 6.39. The Morgan fingerprint density at radius 2 is 2.05 bits per heavy atom. The Bertz CT molecular complexity index is 564. The third-order valence-corrected chi connectivity index (χ3v) is 3.91. The Kier molecular flexibility index (Phi) is 4.44. The van der Waals surface area contributed by atoms with Gasteiger partial charge in [-0.25, -0.2) is 4.68 Å². The number of nitrogens with zero attached hydrogens (tertiary/aromatic N) is 3. The van der Waals surface area contributed by atoms with Crippen LogP contribution in [0.5, 0.6) is 0 Å². The zero-order valence-corrected chi connectivity index (χ0v) is 12.1. The van der Waals surface area contributed by atoms with Gasteiger partial charge in [0.1, 0.15) is 0 Å². The zero-order valence-electron chi connectivity index (χ0n) is 11.3. The third-order valence-electron chi connectivity index (χ3n) is 2.94. The minimum atomic E-state index is 0.601. The van der Waals surface area contributed by atoms with Crippen LogP contribution in [0.25, 0.3) is 0 Å². The minimum absolute atomic E-state index is 0.601.